The number of hydrogen-bond acceptors (Lipinski definition) is 10. The van der Waals surface area contributed by atoms with Crippen molar-refractivity contribution in [1.29, 1.82) is 0 Å². The van der Waals surface area contributed by atoms with Crippen LogP contribution < -0.4 is 21.3 Å². The number of nitrogens with one attached hydrogen (secondary N) is 6. The van der Waals surface area contributed by atoms with Gasteiger partial charge in [0.2, 0.25) is 0 Å². The molecule has 6 rings (SSSR count). The van der Waals surface area contributed by atoms with Crippen LogP contribution in [0.4, 0.5) is 11.4 Å². The standard InChI is InChI=1S/C16H21N5O2.C14H17N5O2/c1-3-12-10(2)15(21-20-12)16(22)19-11-4-5-13(18-8-11)14-9-17-6-7-23-14;1-9-6-17-19-13(9)14(20)18-10-2-3-11(16-7-10)12-8-15-4-5-21-12/h4-5,8,14,17H,3,6-7,9H2,1-2H3,(H,19,22)(H,20,21);2-3,6-7,12,15H,4-5,8H2,1H3,(H,17,19)(H,18,20)/t14-;12-/m11/s1. The maximum absolute atomic E-state index is 12.3. The first kappa shape index (κ1) is 30.9. The molecule has 6 heterocycles. The number of carbonyl (C=O) groups is 2. The van der Waals surface area contributed by atoms with Gasteiger partial charge in [-0.3, -0.25) is 29.8 Å². The highest BCUT2D eigenvalue weighted by Crippen LogP contribution is 2.20. The lowest BCUT2D eigenvalue weighted by molar-refractivity contribution is 0.0250. The summed E-state index contributed by atoms with van der Waals surface area (Å²) in [5.74, 6) is -0.460. The van der Waals surface area contributed by atoms with Crippen molar-refractivity contribution >= 4 is 23.2 Å². The molecule has 0 spiro atoms. The van der Waals surface area contributed by atoms with E-state index in [0.717, 1.165) is 60.8 Å². The van der Waals surface area contributed by atoms with Gasteiger partial charge in [-0.25, -0.2) is 0 Å². The Kier molecular flexibility index (Phi) is 10.4. The molecule has 0 unspecified atom stereocenters. The average Bonchev–Trinajstić information content (AvgIpc) is 3.67. The second kappa shape index (κ2) is 14.8. The van der Waals surface area contributed by atoms with E-state index in [-0.39, 0.29) is 24.0 Å². The van der Waals surface area contributed by atoms with E-state index in [4.69, 9.17) is 9.47 Å². The van der Waals surface area contributed by atoms with Crippen LogP contribution in [0.2, 0.25) is 0 Å². The predicted molar refractivity (Wildman–Crippen MR) is 164 cm³/mol. The van der Waals surface area contributed by atoms with Crippen LogP contribution in [-0.4, -0.2) is 81.6 Å². The first-order valence-corrected chi connectivity index (χ1v) is 14.7. The number of amides is 2. The zero-order valence-electron chi connectivity index (χ0n) is 25.1. The molecule has 4 aromatic heterocycles. The first-order chi connectivity index (χ1) is 21.4. The third-order valence-corrected chi connectivity index (χ3v) is 7.34. The van der Waals surface area contributed by atoms with Crippen molar-refractivity contribution in [2.24, 2.45) is 0 Å². The molecule has 0 radical (unpaired) electrons. The molecule has 6 N–H and O–H groups in total. The van der Waals surface area contributed by atoms with Crippen molar-refractivity contribution in [2.75, 3.05) is 50.0 Å². The maximum atomic E-state index is 12.3. The Hall–Kier alpha value is -4.50. The lowest BCUT2D eigenvalue weighted by Gasteiger charge is -2.23. The third-order valence-electron chi connectivity index (χ3n) is 7.34. The minimum Gasteiger partial charge on any atom is -0.369 e. The van der Waals surface area contributed by atoms with Crippen LogP contribution in [-0.2, 0) is 15.9 Å². The van der Waals surface area contributed by atoms with E-state index in [1.54, 1.807) is 18.6 Å². The molecule has 2 fully saturated rings. The number of anilines is 2. The summed E-state index contributed by atoms with van der Waals surface area (Å²) < 4.78 is 11.3. The molecule has 2 aliphatic heterocycles. The summed E-state index contributed by atoms with van der Waals surface area (Å²) in [5.41, 5.74) is 6.55. The Labute approximate surface area is 255 Å². The fourth-order valence-electron chi connectivity index (χ4n) is 4.81. The summed E-state index contributed by atoms with van der Waals surface area (Å²) in [6.07, 6.45) is 5.65. The highest BCUT2D eigenvalue weighted by molar-refractivity contribution is 6.04. The number of ether oxygens (including phenoxy) is 2. The van der Waals surface area contributed by atoms with E-state index >= 15 is 0 Å². The summed E-state index contributed by atoms with van der Waals surface area (Å²) in [7, 11) is 0. The van der Waals surface area contributed by atoms with Crippen molar-refractivity contribution in [1.82, 2.24) is 41.0 Å². The molecular formula is C30H38N10O4. The van der Waals surface area contributed by atoms with Crippen LogP contribution in [0, 0.1) is 13.8 Å². The molecule has 44 heavy (non-hydrogen) atoms. The summed E-state index contributed by atoms with van der Waals surface area (Å²) >= 11 is 0. The van der Waals surface area contributed by atoms with Gasteiger partial charge in [0.1, 0.15) is 17.9 Å². The zero-order chi connectivity index (χ0) is 30.9. The Morgan fingerprint density at radius 1 is 0.841 bits per heavy atom. The van der Waals surface area contributed by atoms with Crippen LogP contribution in [0.3, 0.4) is 0 Å². The topological polar surface area (TPSA) is 184 Å². The first-order valence-electron chi connectivity index (χ1n) is 14.7. The summed E-state index contributed by atoms with van der Waals surface area (Å²) in [6.45, 7) is 10.4. The van der Waals surface area contributed by atoms with Gasteiger partial charge >= 0.3 is 0 Å². The molecule has 0 bridgehead atoms. The number of aryl methyl sites for hydroxylation is 2. The number of nitrogens with zero attached hydrogens (tertiary/aromatic N) is 4. The number of pyridine rings is 2. The lowest BCUT2D eigenvalue weighted by atomic mass is 10.1. The lowest BCUT2D eigenvalue weighted by Crippen LogP contribution is -2.33. The van der Waals surface area contributed by atoms with Gasteiger partial charge in [0, 0.05) is 37.4 Å². The third kappa shape index (κ3) is 7.71. The van der Waals surface area contributed by atoms with E-state index in [9.17, 15) is 9.59 Å². The Bertz CT molecular complexity index is 1520. The molecule has 14 nitrogen and oxygen atoms in total. The van der Waals surface area contributed by atoms with E-state index in [2.05, 4.69) is 51.6 Å². The quantitative estimate of drug-likeness (QED) is 0.184. The molecule has 2 aliphatic rings. The summed E-state index contributed by atoms with van der Waals surface area (Å²) in [6, 6.07) is 7.40. The molecule has 2 saturated heterocycles. The summed E-state index contributed by atoms with van der Waals surface area (Å²) in [4.78, 5) is 33.1. The number of aromatic nitrogens is 6. The van der Waals surface area contributed by atoms with Crippen molar-refractivity contribution in [3.63, 3.8) is 0 Å². The molecule has 0 aromatic carbocycles. The largest absolute Gasteiger partial charge is 0.369 e. The normalized spacial score (nSPS) is 18.2. The van der Waals surface area contributed by atoms with Gasteiger partial charge in [0.05, 0.1) is 54.6 Å². The zero-order valence-corrected chi connectivity index (χ0v) is 25.1. The molecule has 232 valence electrons. The Balaban J connectivity index is 0.000000175. The van der Waals surface area contributed by atoms with Gasteiger partial charge in [0.25, 0.3) is 11.8 Å². The minimum atomic E-state index is -0.233. The van der Waals surface area contributed by atoms with Crippen molar-refractivity contribution in [3.05, 3.63) is 82.5 Å². The number of H-pyrrole nitrogens is 2. The predicted octanol–water partition coefficient (Wildman–Crippen LogP) is 2.62. The van der Waals surface area contributed by atoms with Gasteiger partial charge in [-0.2, -0.15) is 10.2 Å². The van der Waals surface area contributed by atoms with Gasteiger partial charge in [-0.15, -0.1) is 0 Å². The number of morpholine rings is 2. The van der Waals surface area contributed by atoms with Gasteiger partial charge in [-0.1, -0.05) is 6.92 Å². The van der Waals surface area contributed by atoms with E-state index < -0.39 is 0 Å². The van der Waals surface area contributed by atoms with Gasteiger partial charge in [-0.05, 0) is 50.1 Å². The van der Waals surface area contributed by atoms with Crippen molar-refractivity contribution in [3.8, 4) is 0 Å². The molecule has 0 saturated carbocycles. The number of rotatable bonds is 7. The van der Waals surface area contributed by atoms with Gasteiger partial charge < -0.3 is 30.7 Å². The summed E-state index contributed by atoms with van der Waals surface area (Å²) in [5, 5.41) is 25.6. The van der Waals surface area contributed by atoms with Crippen molar-refractivity contribution < 1.29 is 19.1 Å². The van der Waals surface area contributed by atoms with Crippen LogP contribution in [0.15, 0.2) is 42.9 Å². The van der Waals surface area contributed by atoms with E-state index in [0.29, 0.717) is 36.0 Å². The molecule has 0 aliphatic carbocycles. The highest BCUT2D eigenvalue weighted by atomic mass is 16.5. The molecular weight excluding hydrogens is 564 g/mol. The fourth-order valence-corrected chi connectivity index (χ4v) is 4.81. The van der Waals surface area contributed by atoms with Crippen LogP contribution in [0.5, 0.6) is 0 Å². The Morgan fingerprint density at radius 3 is 1.86 bits per heavy atom. The SMILES string of the molecule is CCc1[nH]nc(C(=O)Nc2ccc([C@H]3CNCCO3)nc2)c1C.Cc1cn[nH]c1C(=O)Nc1ccc([C@H]2CNCCO2)nc1. The highest BCUT2D eigenvalue weighted by Gasteiger charge is 2.19. The number of carbonyl (C=O) groups excluding carboxylic acids is 2. The minimum absolute atomic E-state index is 0.0293. The van der Waals surface area contributed by atoms with E-state index in [1.807, 2.05) is 45.0 Å². The molecule has 14 heteroatoms. The number of hydrogen-bond donors (Lipinski definition) is 6. The second-order valence-electron chi connectivity index (χ2n) is 10.4. The fraction of sp³-hybridized carbons (Fsp3) is 0.400. The van der Waals surface area contributed by atoms with Crippen molar-refractivity contribution in [2.45, 2.75) is 39.4 Å². The van der Waals surface area contributed by atoms with Crippen LogP contribution in [0.1, 0.15) is 68.3 Å². The van der Waals surface area contributed by atoms with Crippen LogP contribution >= 0.6 is 0 Å². The Morgan fingerprint density at radius 2 is 1.43 bits per heavy atom. The monoisotopic (exact) mass is 602 g/mol. The number of aromatic amines is 2. The van der Waals surface area contributed by atoms with Crippen LogP contribution in [0.25, 0.3) is 0 Å². The van der Waals surface area contributed by atoms with E-state index in [1.165, 1.54) is 0 Å². The average molecular weight is 603 g/mol. The smallest absolute Gasteiger partial charge is 0.276 e. The molecule has 2 amide bonds. The molecule has 2 atom stereocenters. The second-order valence-corrected chi connectivity index (χ2v) is 10.4. The maximum Gasteiger partial charge on any atom is 0.276 e. The van der Waals surface area contributed by atoms with Gasteiger partial charge in [0.15, 0.2) is 5.69 Å². The molecule has 4 aromatic rings.